The van der Waals surface area contributed by atoms with Gasteiger partial charge in [0, 0.05) is 12.1 Å². The van der Waals surface area contributed by atoms with E-state index in [1.165, 1.54) is 6.07 Å². The second-order valence-corrected chi connectivity index (χ2v) is 5.75. The first-order valence-electron chi connectivity index (χ1n) is 7.43. The van der Waals surface area contributed by atoms with Gasteiger partial charge >= 0.3 is 0 Å². The molecule has 0 aromatic heterocycles. The van der Waals surface area contributed by atoms with Crippen molar-refractivity contribution in [3.05, 3.63) is 77.1 Å². The van der Waals surface area contributed by atoms with Crippen LogP contribution in [0.3, 0.4) is 0 Å². The van der Waals surface area contributed by atoms with Crippen LogP contribution in [0.1, 0.15) is 11.1 Å². The van der Waals surface area contributed by atoms with Gasteiger partial charge < -0.3 is 10.1 Å². The van der Waals surface area contributed by atoms with Crippen LogP contribution in [0.5, 0.6) is 5.75 Å². The van der Waals surface area contributed by atoms with Crippen LogP contribution in [0.4, 0.5) is 4.39 Å². The fourth-order valence-corrected chi connectivity index (χ4v) is 2.23. The molecule has 0 amide bonds. The molecule has 25 heavy (non-hydrogen) atoms. The SMILES string of the molecule is C=CCNC(=S)N/N=C\c1cccc(OCc2c(F)cccc2Cl)c1. The molecule has 0 heterocycles. The van der Waals surface area contributed by atoms with Crippen LogP contribution in [-0.4, -0.2) is 17.9 Å². The summed E-state index contributed by atoms with van der Waals surface area (Å²) < 4.78 is 19.4. The number of nitrogens with one attached hydrogen (secondary N) is 2. The average Bonchev–Trinajstić information content (AvgIpc) is 2.60. The predicted molar refractivity (Wildman–Crippen MR) is 104 cm³/mol. The topological polar surface area (TPSA) is 45.7 Å². The third-order valence-electron chi connectivity index (χ3n) is 3.09. The minimum atomic E-state index is -0.394. The zero-order chi connectivity index (χ0) is 18.1. The molecule has 0 spiro atoms. The van der Waals surface area contributed by atoms with E-state index in [-0.39, 0.29) is 6.61 Å². The van der Waals surface area contributed by atoms with E-state index in [2.05, 4.69) is 22.4 Å². The number of rotatable bonds is 7. The summed E-state index contributed by atoms with van der Waals surface area (Å²) in [7, 11) is 0. The summed E-state index contributed by atoms with van der Waals surface area (Å²) in [5.41, 5.74) is 3.82. The van der Waals surface area contributed by atoms with Gasteiger partial charge in [0.15, 0.2) is 5.11 Å². The van der Waals surface area contributed by atoms with Gasteiger partial charge in [-0.3, -0.25) is 5.43 Å². The molecule has 0 aliphatic carbocycles. The van der Waals surface area contributed by atoms with E-state index in [1.807, 2.05) is 12.1 Å². The van der Waals surface area contributed by atoms with E-state index in [0.717, 1.165) is 5.56 Å². The third kappa shape index (κ3) is 6.17. The molecule has 0 aliphatic rings. The predicted octanol–water partition coefficient (Wildman–Crippen LogP) is 4.04. The number of benzene rings is 2. The summed E-state index contributed by atoms with van der Waals surface area (Å²) in [4.78, 5) is 0. The molecule has 0 saturated heterocycles. The molecule has 2 rings (SSSR count). The van der Waals surface area contributed by atoms with Gasteiger partial charge in [-0.1, -0.05) is 35.9 Å². The smallest absolute Gasteiger partial charge is 0.187 e. The summed E-state index contributed by atoms with van der Waals surface area (Å²) in [6.07, 6.45) is 3.30. The summed E-state index contributed by atoms with van der Waals surface area (Å²) >= 11 is 11.0. The largest absolute Gasteiger partial charge is 0.489 e. The van der Waals surface area contributed by atoms with Gasteiger partial charge in [-0.2, -0.15) is 5.10 Å². The van der Waals surface area contributed by atoms with Crippen LogP contribution < -0.4 is 15.5 Å². The van der Waals surface area contributed by atoms with Crippen LogP contribution in [0.2, 0.25) is 5.02 Å². The molecule has 0 radical (unpaired) electrons. The Morgan fingerprint density at radius 3 is 2.88 bits per heavy atom. The molecular weight excluding hydrogens is 361 g/mol. The van der Waals surface area contributed by atoms with E-state index in [9.17, 15) is 4.39 Å². The van der Waals surface area contributed by atoms with Gasteiger partial charge in [-0.15, -0.1) is 6.58 Å². The zero-order valence-corrected chi connectivity index (χ0v) is 14.9. The summed E-state index contributed by atoms with van der Waals surface area (Å²) in [5.74, 6) is 0.186. The summed E-state index contributed by atoms with van der Waals surface area (Å²) in [6.45, 7) is 4.19. The maximum atomic E-state index is 13.7. The standard InChI is InChI=1S/C18H17ClFN3OS/c1-2-9-21-18(25)23-22-11-13-5-3-6-14(10-13)24-12-15-16(19)7-4-8-17(15)20/h2-8,10-11H,1,9,12H2,(H2,21,23,25)/b22-11-. The van der Waals surface area contributed by atoms with Crippen molar-refractivity contribution < 1.29 is 9.13 Å². The van der Waals surface area contributed by atoms with Gasteiger partial charge in [0.25, 0.3) is 0 Å². The molecule has 4 nitrogen and oxygen atoms in total. The highest BCUT2D eigenvalue weighted by atomic mass is 35.5. The van der Waals surface area contributed by atoms with Crippen molar-refractivity contribution in [3.8, 4) is 5.75 Å². The number of hydrazone groups is 1. The van der Waals surface area contributed by atoms with E-state index in [1.54, 1.807) is 36.6 Å². The molecule has 2 N–H and O–H groups in total. The van der Waals surface area contributed by atoms with Crippen molar-refractivity contribution in [2.24, 2.45) is 5.10 Å². The highest BCUT2D eigenvalue weighted by Gasteiger charge is 2.07. The van der Waals surface area contributed by atoms with Crippen molar-refractivity contribution in [3.63, 3.8) is 0 Å². The molecule has 0 bridgehead atoms. The first kappa shape index (κ1) is 18.9. The summed E-state index contributed by atoms with van der Waals surface area (Å²) in [6, 6.07) is 11.8. The number of ether oxygens (including phenoxy) is 1. The van der Waals surface area contributed by atoms with Crippen LogP contribution in [0.15, 0.2) is 60.2 Å². The number of halogens is 2. The molecule has 0 aliphatic heterocycles. The Kier molecular flexibility index (Phi) is 7.37. The highest BCUT2D eigenvalue weighted by molar-refractivity contribution is 7.80. The van der Waals surface area contributed by atoms with Crippen LogP contribution in [0.25, 0.3) is 0 Å². The molecule has 0 atom stereocenters. The van der Waals surface area contributed by atoms with E-state index in [4.69, 9.17) is 28.6 Å². The normalized spacial score (nSPS) is 10.5. The van der Waals surface area contributed by atoms with Crippen LogP contribution in [0, 0.1) is 5.82 Å². The minimum absolute atomic E-state index is 0.0416. The van der Waals surface area contributed by atoms with Crippen molar-refractivity contribution in [2.75, 3.05) is 6.54 Å². The summed E-state index contributed by atoms with van der Waals surface area (Å²) in [5, 5.41) is 7.66. The van der Waals surface area contributed by atoms with Crippen molar-refractivity contribution >= 4 is 35.1 Å². The van der Waals surface area contributed by atoms with Crippen molar-refractivity contribution in [2.45, 2.75) is 6.61 Å². The second kappa shape index (κ2) is 9.76. The Morgan fingerprint density at radius 1 is 1.32 bits per heavy atom. The third-order valence-corrected chi connectivity index (χ3v) is 3.68. The number of thiocarbonyl (C=S) groups is 1. The Bertz CT molecular complexity index is 762. The van der Waals surface area contributed by atoms with Crippen molar-refractivity contribution in [1.82, 2.24) is 10.7 Å². The first-order chi connectivity index (χ1) is 12.1. The molecule has 0 saturated carbocycles. The lowest BCUT2D eigenvalue weighted by Gasteiger charge is -2.09. The lowest BCUT2D eigenvalue weighted by atomic mass is 10.2. The monoisotopic (exact) mass is 377 g/mol. The molecule has 0 unspecified atom stereocenters. The first-order valence-corrected chi connectivity index (χ1v) is 8.22. The minimum Gasteiger partial charge on any atom is -0.489 e. The van der Waals surface area contributed by atoms with E-state index < -0.39 is 5.82 Å². The zero-order valence-electron chi connectivity index (χ0n) is 13.3. The number of hydrogen-bond acceptors (Lipinski definition) is 3. The number of hydrogen-bond donors (Lipinski definition) is 2. The Labute approximate surface area is 156 Å². The highest BCUT2D eigenvalue weighted by Crippen LogP contribution is 2.21. The lowest BCUT2D eigenvalue weighted by Crippen LogP contribution is -2.31. The molecular formula is C18H17ClFN3OS. The van der Waals surface area contributed by atoms with Crippen LogP contribution in [-0.2, 0) is 6.61 Å². The van der Waals surface area contributed by atoms with E-state index >= 15 is 0 Å². The Hall–Kier alpha value is -2.44. The maximum Gasteiger partial charge on any atom is 0.187 e. The van der Waals surface area contributed by atoms with Gasteiger partial charge in [0.1, 0.15) is 18.2 Å². The van der Waals surface area contributed by atoms with Gasteiger partial charge in [0.05, 0.1) is 11.2 Å². The molecule has 2 aromatic carbocycles. The fraction of sp³-hybridized carbons (Fsp3) is 0.111. The quantitative estimate of drug-likeness (QED) is 0.331. The van der Waals surface area contributed by atoms with Crippen LogP contribution >= 0.6 is 23.8 Å². The Morgan fingerprint density at radius 2 is 2.12 bits per heavy atom. The van der Waals surface area contributed by atoms with Gasteiger partial charge in [0.2, 0.25) is 0 Å². The lowest BCUT2D eigenvalue weighted by molar-refractivity contribution is 0.300. The van der Waals surface area contributed by atoms with Crippen molar-refractivity contribution in [1.29, 1.82) is 0 Å². The average molecular weight is 378 g/mol. The molecule has 2 aromatic rings. The molecule has 130 valence electrons. The van der Waals surface area contributed by atoms with Gasteiger partial charge in [-0.05, 0) is 42.0 Å². The fourth-order valence-electron chi connectivity index (χ4n) is 1.88. The second-order valence-electron chi connectivity index (χ2n) is 4.93. The number of nitrogens with zero attached hydrogens (tertiary/aromatic N) is 1. The molecule has 0 fully saturated rings. The maximum absolute atomic E-state index is 13.7. The Balaban J connectivity index is 1.94. The molecule has 7 heteroatoms. The van der Waals surface area contributed by atoms with Gasteiger partial charge in [-0.25, -0.2) is 4.39 Å². The van der Waals surface area contributed by atoms with E-state index in [0.29, 0.717) is 28.0 Å².